The average molecular weight is 182 g/mol. The summed E-state index contributed by atoms with van der Waals surface area (Å²) in [6.07, 6.45) is 0. The number of hydrogen-bond donors (Lipinski definition) is 2. The zero-order valence-corrected chi connectivity index (χ0v) is 8.96. The zero-order chi connectivity index (χ0) is 10.5. The molecule has 0 bridgehead atoms. The first-order chi connectivity index (χ1) is 6.22. The Hall–Kier alpha value is -0.860. The van der Waals surface area contributed by atoms with Gasteiger partial charge in [0, 0.05) is 0 Å². The molecule has 0 radical (unpaired) electrons. The molecule has 0 saturated heterocycles. The molecular weight excluding hydrogens is 160 g/mol. The largest absolute Gasteiger partial charge is 0.331 e. The normalized spacial score (nSPS) is 7.46. The molecule has 0 fully saturated rings. The standard InChI is InChI=1S/C7H8.2C2H7N/c1-7-5-3-2-4-6-7;2*1-2-3/h2-6H,1H3;2*2-3H2,1H3. The van der Waals surface area contributed by atoms with Crippen molar-refractivity contribution in [3.63, 3.8) is 0 Å². The van der Waals surface area contributed by atoms with Gasteiger partial charge in [0.05, 0.1) is 0 Å². The molecule has 2 heteroatoms. The topological polar surface area (TPSA) is 52.0 Å². The van der Waals surface area contributed by atoms with Crippen molar-refractivity contribution in [3.8, 4) is 0 Å². The van der Waals surface area contributed by atoms with Crippen molar-refractivity contribution in [2.75, 3.05) is 13.1 Å². The molecule has 13 heavy (non-hydrogen) atoms. The molecule has 0 aliphatic carbocycles. The number of hydrogen-bond acceptors (Lipinski definition) is 2. The summed E-state index contributed by atoms with van der Waals surface area (Å²) in [6.45, 7) is 7.39. The van der Waals surface area contributed by atoms with Crippen LogP contribution in [0.2, 0.25) is 0 Å². The Bertz CT molecular complexity index is 159. The first kappa shape index (κ1) is 14.7. The second kappa shape index (κ2) is 13.7. The van der Waals surface area contributed by atoms with E-state index in [1.165, 1.54) is 5.56 Å². The fourth-order valence-electron chi connectivity index (χ4n) is 0.534. The molecule has 0 amide bonds. The van der Waals surface area contributed by atoms with Gasteiger partial charge < -0.3 is 11.5 Å². The Morgan fingerprint density at radius 3 is 1.38 bits per heavy atom. The maximum atomic E-state index is 4.85. The molecule has 76 valence electrons. The molecule has 0 aliphatic rings. The molecule has 0 aliphatic heterocycles. The first-order valence-electron chi connectivity index (χ1n) is 4.64. The van der Waals surface area contributed by atoms with Crippen molar-refractivity contribution in [2.45, 2.75) is 20.8 Å². The molecule has 0 atom stereocenters. The highest BCUT2D eigenvalue weighted by atomic mass is 14.5. The summed E-state index contributed by atoms with van der Waals surface area (Å²) in [4.78, 5) is 0. The lowest BCUT2D eigenvalue weighted by atomic mass is 10.2. The van der Waals surface area contributed by atoms with Gasteiger partial charge in [-0.05, 0) is 20.0 Å². The fourth-order valence-corrected chi connectivity index (χ4v) is 0.534. The molecule has 0 heterocycles. The summed E-state index contributed by atoms with van der Waals surface area (Å²) in [7, 11) is 0. The molecule has 0 unspecified atom stereocenters. The van der Waals surface area contributed by atoms with Crippen LogP contribution >= 0.6 is 0 Å². The third-order valence-electron chi connectivity index (χ3n) is 0.940. The molecule has 4 N–H and O–H groups in total. The molecule has 1 rings (SSSR count). The van der Waals surface area contributed by atoms with E-state index in [0.29, 0.717) is 0 Å². The van der Waals surface area contributed by atoms with E-state index in [0.717, 1.165) is 13.1 Å². The number of nitrogens with two attached hydrogens (primary N) is 2. The Morgan fingerprint density at radius 1 is 0.923 bits per heavy atom. The van der Waals surface area contributed by atoms with E-state index in [1.807, 2.05) is 32.0 Å². The van der Waals surface area contributed by atoms with Crippen LogP contribution in [-0.4, -0.2) is 13.1 Å². The van der Waals surface area contributed by atoms with Gasteiger partial charge in [-0.25, -0.2) is 0 Å². The van der Waals surface area contributed by atoms with Crippen LogP contribution in [0, 0.1) is 6.92 Å². The molecule has 0 spiro atoms. The van der Waals surface area contributed by atoms with Crippen LogP contribution < -0.4 is 11.5 Å². The van der Waals surface area contributed by atoms with Crippen LogP contribution in [0.1, 0.15) is 19.4 Å². The van der Waals surface area contributed by atoms with Crippen molar-refractivity contribution in [1.82, 2.24) is 0 Å². The van der Waals surface area contributed by atoms with Crippen LogP contribution in [0.15, 0.2) is 30.3 Å². The molecule has 0 aromatic heterocycles. The molecule has 0 saturated carbocycles. The van der Waals surface area contributed by atoms with Crippen molar-refractivity contribution < 1.29 is 0 Å². The monoisotopic (exact) mass is 182 g/mol. The predicted octanol–water partition coefficient (Wildman–Crippen LogP) is 1.93. The van der Waals surface area contributed by atoms with Crippen molar-refractivity contribution in [2.24, 2.45) is 11.5 Å². The van der Waals surface area contributed by atoms with E-state index in [1.54, 1.807) is 0 Å². The van der Waals surface area contributed by atoms with Gasteiger partial charge in [0.2, 0.25) is 0 Å². The minimum Gasteiger partial charge on any atom is -0.331 e. The van der Waals surface area contributed by atoms with Gasteiger partial charge in [-0.15, -0.1) is 0 Å². The second-order valence-electron chi connectivity index (χ2n) is 2.47. The van der Waals surface area contributed by atoms with E-state index in [-0.39, 0.29) is 0 Å². The summed E-state index contributed by atoms with van der Waals surface area (Å²) >= 11 is 0. The molecular formula is C11H22N2. The van der Waals surface area contributed by atoms with Crippen LogP contribution in [-0.2, 0) is 0 Å². The fraction of sp³-hybridized carbons (Fsp3) is 0.455. The van der Waals surface area contributed by atoms with E-state index < -0.39 is 0 Å². The van der Waals surface area contributed by atoms with Gasteiger partial charge in [0.25, 0.3) is 0 Å². The van der Waals surface area contributed by atoms with E-state index in [2.05, 4.69) is 19.1 Å². The van der Waals surface area contributed by atoms with E-state index >= 15 is 0 Å². The van der Waals surface area contributed by atoms with Crippen molar-refractivity contribution in [1.29, 1.82) is 0 Å². The van der Waals surface area contributed by atoms with Crippen molar-refractivity contribution in [3.05, 3.63) is 35.9 Å². The number of rotatable bonds is 0. The smallest absolute Gasteiger partial charge is 0.0106 e. The van der Waals surface area contributed by atoms with E-state index in [9.17, 15) is 0 Å². The minimum absolute atomic E-state index is 0.750. The van der Waals surface area contributed by atoms with Gasteiger partial charge in [-0.2, -0.15) is 0 Å². The minimum atomic E-state index is 0.750. The Balaban J connectivity index is 0. The van der Waals surface area contributed by atoms with Crippen LogP contribution in [0.5, 0.6) is 0 Å². The highest BCUT2D eigenvalue weighted by molar-refractivity contribution is 5.11. The molecule has 1 aromatic rings. The summed E-state index contributed by atoms with van der Waals surface area (Å²) in [5, 5.41) is 0. The third kappa shape index (κ3) is 18.3. The number of aryl methyl sites for hydroxylation is 1. The third-order valence-corrected chi connectivity index (χ3v) is 0.940. The van der Waals surface area contributed by atoms with Crippen LogP contribution in [0.25, 0.3) is 0 Å². The summed E-state index contributed by atoms with van der Waals surface area (Å²) in [5.41, 5.74) is 11.0. The Labute approximate surface area is 81.9 Å². The van der Waals surface area contributed by atoms with Gasteiger partial charge >= 0.3 is 0 Å². The summed E-state index contributed by atoms with van der Waals surface area (Å²) in [5.74, 6) is 0. The average Bonchev–Trinajstić information content (AvgIpc) is 2.08. The zero-order valence-electron chi connectivity index (χ0n) is 8.96. The Kier molecular flexibility index (Phi) is 15.5. The Morgan fingerprint density at radius 2 is 1.23 bits per heavy atom. The summed E-state index contributed by atoms with van der Waals surface area (Å²) in [6, 6.07) is 10.3. The van der Waals surface area contributed by atoms with Gasteiger partial charge in [0.1, 0.15) is 0 Å². The highest BCUT2D eigenvalue weighted by Gasteiger charge is 1.72. The first-order valence-corrected chi connectivity index (χ1v) is 4.64. The van der Waals surface area contributed by atoms with Crippen LogP contribution in [0.4, 0.5) is 0 Å². The SMILES string of the molecule is CCN.CCN.Cc1ccccc1. The quantitative estimate of drug-likeness (QED) is 0.644. The van der Waals surface area contributed by atoms with Crippen molar-refractivity contribution >= 4 is 0 Å². The summed E-state index contributed by atoms with van der Waals surface area (Å²) < 4.78 is 0. The van der Waals surface area contributed by atoms with E-state index in [4.69, 9.17) is 11.5 Å². The lowest BCUT2D eigenvalue weighted by molar-refractivity contribution is 1.14. The number of benzene rings is 1. The van der Waals surface area contributed by atoms with Crippen LogP contribution in [0.3, 0.4) is 0 Å². The predicted molar refractivity (Wildman–Crippen MR) is 60.6 cm³/mol. The maximum Gasteiger partial charge on any atom is -0.0106 e. The van der Waals surface area contributed by atoms with Gasteiger partial charge in [-0.3, -0.25) is 0 Å². The molecule has 2 nitrogen and oxygen atoms in total. The second-order valence-corrected chi connectivity index (χ2v) is 2.47. The lowest BCUT2D eigenvalue weighted by Gasteiger charge is -1.82. The highest BCUT2D eigenvalue weighted by Crippen LogP contribution is 1.92. The lowest BCUT2D eigenvalue weighted by Crippen LogP contribution is -1.87. The van der Waals surface area contributed by atoms with Gasteiger partial charge in [-0.1, -0.05) is 49.7 Å². The molecule has 1 aromatic carbocycles. The maximum absolute atomic E-state index is 4.85. The van der Waals surface area contributed by atoms with Gasteiger partial charge in [0.15, 0.2) is 0 Å².